The first-order chi connectivity index (χ1) is 4.16. The molecule has 0 radical (unpaired) electrons. The molecule has 0 spiro atoms. The quantitative estimate of drug-likeness (QED) is 0.550. The van der Waals surface area contributed by atoms with Gasteiger partial charge in [-0.1, -0.05) is 0 Å². The average molecular weight is 382 g/mol. The third kappa shape index (κ3) is 6.77. The molecule has 0 amide bonds. The molecule has 0 N–H and O–H groups in total. The van der Waals surface area contributed by atoms with Gasteiger partial charge >= 0.3 is 73.4 Å². The summed E-state index contributed by atoms with van der Waals surface area (Å²) in [5.41, 5.74) is 0. The Labute approximate surface area is 73.0 Å². The second-order valence-electron chi connectivity index (χ2n) is 1.90. The normalized spacial score (nSPS) is 11.9. The van der Waals surface area contributed by atoms with Gasteiger partial charge < -0.3 is 0 Å². The molecule has 9 heavy (non-hydrogen) atoms. The second kappa shape index (κ2) is 5.65. The molecule has 0 aliphatic carbocycles. The average Bonchev–Trinajstić information content (AvgIpc) is 1.63. The van der Waals surface area contributed by atoms with Crippen LogP contribution >= 0.6 is 11.9 Å². The maximum atomic E-state index is 10.3. The van der Waals surface area contributed by atoms with E-state index in [1.54, 1.807) is 0 Å². The Bertz CT molecular complexity index is 97.0. The fraction of sp³-hybridized carbons (Fsp3) is 0.800. The van der Waals surface area contributed by atoms with E-state index >= 15 is 0 Å². The van der Waals surface area contributed by atoms with E-state index in [9.17, 15) is 4.79 Å². The zero-order chi connectivity index (χ0) is 7.28. The molecule has 1 atom stereocenters. The van der Waals surface area contributed by atoms with Gasteiger partial charge in [-0.25, -0.2) is 0 Å². The van der Waals surface area contributed by atoms with Gasteiger partial charge in [0.05, 0.1) is 0 Å². The van der Waals surface area contributed by atoms with E-state index in [2.05, 4.69) is 11.9 Å². The first-order valence-electron chi connectivity index (χ1n) is 2.90. The van der Waals surface area contributed by atoms with Gasteiger partial charge in [0.15, 0.2) is 0 Å². The third-order valence-corrected chi connectivity index (χ3v) is 8.91. The van der Waals surface area contributed by atoms with Crippen LogP contribution in [0.4, 0.5) is 0 Å². The molecule has 0 bridgehead atoms. The van der Waals surface area contributed by atoms with Gasteiger partial charge in [-0.3, -0.25) is 0 Å². The van der Waals surface area contributed by atoms with Crippen molar-refractivity contribution in [1.29, 1.82) is 0 Å². The van der Waals surface area contributed by atoms with E-state index < -0.39 is 22.1 Å². The van der Waals surface area contributed by atoms with E-state index in [0.717, 1.165) is 3.93 Å². The minimum atomic E-state index is -0.752. The Balaban J connectivity index is 3.26. The van der Waals surface area contributed by atoms with Crippen LogP contribution in [0.5, 0.6) is 0 Å². The molecule has 0 heterocycles. The Morgan fingerprint density at radius 2 is 2.44 bits per heavy atom. The molecule has 0 rings (SSSR count). The van der Waals surface area contributed by atoms with E-state index in [1.165, 1.54) is 6.92 Å². The minimum absolute atomic E-state index is 0.142. The van der Waals surface area contributed by atoms with E-state index in [-0.39, 0.29) is 12.1 Å². The van der Waals surface area contributed by atoms with Crippen LogP contribution in [-0.2, 0) is 31.7 Å². The van der Waals surface area contributed by atoms with Gasteiger partial charge in [0.25, 0.3) is 0 Å². The third-order valence-electron chi connectivity index (χ3n) is 0.883. The van der Waals surface area contributed by atoms with Crippen LogP contribution in [0.2, 0.25) is 3.93 Å². The van der Waals surface area contributed by atoms with Crippen molar-refractivity contribution >= 4 is 17.9 Å². The fourth-order valence-corrected chi connectivity index (χ4v) is 7.81. The number of ether oxygens (including phenoxy) is 1. The van der Waals surface area contributed by atoms with Crippen LogP contribution in [0.15, 0.2) is 0 Å². The Hall–Kier alpha value is 0.885. The maximum absolute atomic E-state index is 10.3. The fourth-order valence-electron chi connectivity index (χ4n) is 0.496. The van der Waals surface area contributed by atoms with Gasteiger partial charge in [0, 0.05) is 0 Å². The van der Waals surface area contributed by atoms with Crippen LogP contribution in [0.1, 0.15) is 13.8 Å². The molecule has 4 heteroatoms. The molecule has 0 aliphatic rings. The molecule has 0 aromatic heterocycles. The summed E-state index contributed by atoms with van der Waals surface area (Å²) in [6.07, 6.45) is 0.142. The summed E-state index contributed by atoms with van der Waals surface area (Å²) in [7, 11) is 0. The second-order valence-corrected chi connectivity index (χ2v) is 12.6. The molecule has 0 saturated heterocycles. The standard InChI is InChI=1S/C5H9O2.BrH.Hg/c1-4(2)7-5(3)6;;/h4H,1H2,2-3H3;1H;/q;;+1/p-1. The van der Waals surface area contributed by atoms with E-state index in [4.69, 9.17) is 4.74 Å². The van der Waals surface area contributed by atoms with Crippen LogP contribution in [0, 0.1) is 0 Å². The molecular weight excluding hydrogens is 373 g/mol. The van der Waals surface area contributed by atoms with Gasteiger partial charge in [-0.15, -0.1) is 0 Å². The first-order valence-corrected chi connectivity index (χ1v) is 18.7. The van der Waals surface area contributed by atoms with Crippen molar-refractivity contribution < 1.29 is 31.7 Å². The van der Waals surface area contributed by atoms with Crippen molar-refractivity contribution in [3.63, 3.8) is 0 Å². The number of carbonyl (C=O) groups is 1. The van der Waals surface area contributed by atoms with Crippen molar-refractivity contribution in [3.8, 4) is 0 Å². The number of esters is 1. The predicted octanol–water partition coefficient (Wildman–Crippen LogP) is 1.75. The molecule has 1 unspecified atom stereocenters. The topological polar surface area (TPSA) is 26.3 Å². The van der Waals surface area contributed by atoms with Crippen molar-refractivity contribution in [2.45, 2.75) is 23.9 Å². The van der Waals surface area contributed by atoms with Crippen molar-refractivity contribution in [2.24, 2.45) is 0 Å². The monoisotopic (exact) mass is 382 g/mol. The zero-order valence-electron chi connectivity index (χ0n) is 5.69. The number of rotatable bonds is 3. The molecule has 0 fully saturated rings. The van der Waals surface area contributed by atoms with Gasteiger partial charge in [0.2, 0.25) is 0 Å². The predicted molar refractivity (Wildman–Crippen MR) is 35.0 cm³/mol. The molecule has 2 nitrogen and oxygen atoms in total. The van der Waals surface area contributed by atoms with Crippen LogP contribution in [-0.4, -0.2) is 12.1 Å². The Morgan fingerprint density at radius 1 is 1.89 bits per heavy atom. The molecular formula is C5H9BrHgO2. The molecule has 0 aliphatic heterocycles. The first kappa shape index (κ1) is 9.89. The van der Waals surface area contributed by atoms with Gasteiger partial charge in [0.1, 0.15) is 0 Å². The summed E-state index contributed by atoms with van der Waals surface area (Å²) < 4.78 is 5.97. The molecule has 0 aromatic rings. The van der Waals surface area contributed by atoms with Crippen LogP contribution < -0.4 is 0 Å². The van der Waals surface area contributed by atoms with Crippen molar-refractivity contribution in [2.75, 3.05) is 0 Å². The number of halogens is 1. The van der Waals surface area contributed by atoms with Crippen molar-refractivity contribution in [1.82, 2.24) is 0 Å². The van der Waals surface area contributed by atoms with Gasteiger partial charge in [-0.05, 0) is 0 Å². The van der Waals surface area contributed by atoms with E-state index in [0.29, 0.717) is 0 Å². The zero-order valence-corrected chi connectivity index (χ0v) is 12.8. The van der Waals surface area contributed by atoms with Gasteiger partial charge in [-0.2, -0.15) is 0 Å². The molecule has 0 aromatic carbocycles. The summed E-state index contributed by atoms with van der Waals surface area (Å²) in [5.74, 6) is -0.170. The number of carbonyl (C=O) groups excluding carboxylic acids is 1. The summed E-state index contributed by atoms with van der Waals surface area (Å²) in [4.78, 5) is 10.3. The number of hydrogen-bond donors (Lipinski definition) is 0. The van der Waals surface area contributed by atoms with Crippen LogP contribution in [0.25, 0.3) is 0 Å². The molecule has 0 saturated carbocycles. The Kier molecular flexibility index (Phi) is 6.21. The summed E-state index contributed by atoms with van der Waals surface area (Å²) in [5, 5.41) is 0. The summed E-state index contributed by atoms with van der Waals surface area (Å²) in [6.45, 7) is 3.38. The number of hydrogen-bond acceptors (Lipinski definition) is 2. The summed E-state index contributed by atoms with van der Waals surface area (Å²) >= 11 is 2.72. The van der Waals surface area contributed by atoms with E-state index in [1.807, 2.05) is 6.92 Å². The van der Waals surface area contributed by atoms with Crippen LogP contribution in [0.3, 0.4) is 0 Å². The Morgan fingerprint density at radius 3 is 2.78 bits per heavy atom. The molecule has 50 valence electrons. The SMILES string of the molecule is CC(=O)OC(C)[CH2][Hg][Br]. The van der Waals surface area contributed by atoms with Crippen molar-refractivity contribution in [3.05, 3.63) is 0 Å². The summed E-state index contributed by atoms with van der Waals surface area (Å²) in [6, 6.07) is 0.